The van der Waals surface area contributed by atoms with Crippen molar-refractivity contribution in [3.8, 4) is 0 Å². The number of hydrogen-bond donors (Lipinski definition) is 2. The predicted octanol–water partition coefficient (Wildman–Crippen LogP) is 0.217. The van der Waals surface area contributed by atoms with Gasteiger partial charge in [-0.05, 0) is 11.8 Å². The van der Waals surface area contributed by atoms with E-state index in [4.69, 9.17) is 10.3 Å². The van der Waals surface area contributed by atoms with Gasteiger partial charge in [-0.15, -0.1) is 11.8 Å². The van der Waals surface area contributed by atoms with Crippen LogP contribution in [0.3, 0.4) is 0 Å². The fourth-order valence-corrected chi connectivity index (χ4v) is 2.52. The van der Waals surface area contributed by atoms with Gasteiger partial charge in [0.25, 0.3) is 5.56 Å². The molecule has 10 heteroatoms. The lowest BCUT2D eigenvalue weighted by atomic mass is 10.1. The van der Waals surface area contributed by atoms with Crippen molar-refractivity contribution >= 4 is 11.8 Å². The summed E-state index contributed by atoms with van der Waals surface area (Å²) in [5.74, 6) is 0. The average molecular weight is 299 g/mol. The van der Waals surface area contributed by atoms with Gasteiger partial charge in [0.1, 0.15) is 6.23 Å². The molecule has 1 aromatic heterocycles. The van der Waals surface area contributed by atoms with E-state index in [2.05, 4.69) is 15.0 Å². The van der Waals surface area contributed by atoms with Crippen molar-refractivity contribution in [2.24, 2.45) is 5.11 Å². The Labute approximate surface area is 117 Å². The van der Waals surface area contributed by atoms with Gasteiger partial charge in [0, 0.05) is 17.5 Å². The van der Waals surface area contributed by atoms with E-state index >= 15 is 0 Å². The molecule has 1 fully saturated rings. The number of ether oxygens (including phenoxy) is 1. The first-order chi connectivity index (χ1) is 9.60. The lowest BCUT2D eigenvalue weighted by Crippen LogP contribution is -2.33. The Bertz CT molecular complexity index is 650. The van der Waals surface area contributed by atoms with Crippen LogP contribution in [-0.4, -0.2) is 39.7 Å². The minimum Gasteiger partial charge on any atom is -0.394 e. The van der Waals surface area contributed by atoms with Crippen LogP contribution in [0.4, 0.5) is 0 Å². The molecule has 0 aromatic carbocycles. The number of aromatic amines is 1. The van der Waals surface area contributed by atoms with Gasteiger partial charge in [-0.3, -0.25) is 14.3 Å². The van der Waals surface area contributed by atoms with Crippen LogP contribution in [0.15, 0.2) is 25.8 Å². The van der Waals surface area contributed by atoms with Gasteiger partial charge in [0.15, 0.2) is 0 Å². The van der Waals surface area contributed by atoms with Crippen molar-refractivity contribution in [1.29, 1.82) is 0 Å². The summed E-state index contributed by atoms with van der Waals surface area (Å²) in [7, 11) is 0. The summed E-state index contributed by atoms with van der Waals surface area (Å²) in [6.45, 7) is -0.312. The molecule has 0 amide bonds. The van der Waals surface area contributed by atoms with Crippen LogP contribution >= 0.6 is 11.8 Å². The van der Waals surface area contributed by atoms with Gasteiger partial charge in [-0.2, -0.15) is 0 Å². The van der Waals surface area contributed by atoms with Crippen molar-refractivity contribution in [3.63, 3.8) is 0 Å². The van der Waals surface area contributed by atoms with E-state index in [1.165, 1.54) is 22.5 Å². The first kappa shape index (κ1) is 14.7. The Morgan fingerprint density at radius 3 is 3.05 bits per heavy atom. The molecule has 2 heterocycles. The number of H-pyrrole nitrogens is 1. The maximum Gasteiger partial charge on any atom is 0.330 e. The highest BCUT2D eigenvalue weighted by atomic mass is 32.2. The number of aromatic nitrogens is 2. The summed E-state index contributed by atoms with van der Waals surface area (Å²) in [6.07, 6.45) is 2.04. The topological polar surface area (TPSA) is 133 Å². The predicted molar refractivity (Wildman–Crippen MR) is 71.7 cm³/mol. The first-order valence-corrected chi connectivity index (χ1v) is 7.03. The number of hydrogen-bond acceptors (Lipinski definition) is 6. The third-order valence-electron chi connectivity index (χ3n) is 3.05. The van der Waals surface area contributed by atoms with Crippen LogP contribution in [-0.2, 0) is 4.74 Å². The summed E-state index contributed by atoms with van der Waals surface area (Å²) in [5.41, 5.74) is 7.41. The van der Waals surface area contributed by atoms with Gasteiger partial charge in [-0.25, -0.2) is 4.79 Å². The van der Waals surface area contributed by atoms with Crippen molar-refractivity contribution in [3.05, 3.63) is 37.5 Å². The Hall–Kier alpha value is -1.74. The smallest absolute Gasteiger partial charge is 0.330 e. The minimum absolute atomic E-state index is 0.259. The second-order valence-corrected chi connectivity index (χ2v) is 5.03. The van der Waals surface area contributed by atoms with Crippen LogP contribution in [0.1, 0.15) is 12.6 Å². The molecule has 3 atom stereocenters. The number of rotatable bonds is 4. The third kappa shape index (κ3) is 2.73. The van der Waals surface area contributed by atoms with Gasteiger partial charge in [0.2, 0.25) is 0 Å². The number of nitrogens with one attached hydrogen (secondary N) is 1. The monoisotopic (exact) mass is 299 g/mol. The largest absolute Gasteiger partial charge is 0.394 e. The molecule has 108 valence electrons. The van der Waals surface area contributed by atoms with E-state index in [-0.39, 0.29) is 13.0 Å². The summed E-state index contributed by atoms with van der Waals surface area (Å²) in [6, 6.07) is -0.549. The second kappa shape index (κ2) is 6.14. The lowest BCUT2D eigenvalue weighted by molar-refractivity contribution is -0.0274. The Balaban J connectivity index is 2.36. The molecule has 0 saturated carbocycles. The van der Waals surface area contributed by atoms with Crippen LogP contribution in [0.2, 0.25) is 0 Å². The van der Waals surface area contributed by atoms with Crippen molar-refractivity contribution in [1.82, 2.24) is 9.55 Å². The Kier molecular flexibility index (Phi) is 4.50. The minimum atomic E-state index is -0.683. The summed E-state index contributed by atoms with van der Waals surface area (Å²) in [4.78, 5) is 28.6. The lowest BCUT2D eigenvalue weighted by Gasteiger charge is -2.15. The SMILES string of the molecule is CSc1cn([C@H]2CC(N=[N+]=[N-])[C@@H](CO)O2)c(=O)[nH]c1=O. The third-order valence-corrected chi connectivity index (χ3v) is 3.78. The van der Waals surface area contributed by atoms with E-state index in [9.17, 15) is 14.7 Å². The van der Waals surface area contributed by atoms with Crippen molar-refractivity contribution < 1.29 is 9.84 Å². The molecule has 0 bridgehead atoms. The molecule has 1 saturated heterocycles. The number of aliphatic hydroxyl groups excluding tert-OH is 1. The highest BCUT2D eigenvalue weighted by molar-refractivity contribution is 7.98. The molecule has 9 nitrogen and oxygen atoms in total. The highest BCUT2D eigenvalue weighted by Gasteiger charge is 2.35. The van der Waals surface area contributed by atoms with Crippen molar-refractivity contribution in [2.75, 3.05) is 12.9 Å². The fourth-order valence-electron chi connectivity index (χ4n) is 2.06. The van der Waals surface area contributed by atoms with Gasteiger partial charge in [0.05, 0.1) is 23.6 Å². The molecule has 1 aliphatic rings. The zero-order valence-electron chi connectivity index (χ0n) is 10.6. The summed E-state index contributed by atoms with van der Waals surface area (Å²) >= 11 is 1.20. The van der Waals surface area contributed by atoms with Gasteiger partial charge in [-0.1, -0.05) is 5.11 Å². The molecule has 2 N–H and O–H groups in total. The maximum absolute atomic E-state index is 11.8. The summed E-state index contributed by atoms with van der Waals surface area (Å²) < 4.78 is 6.74. The standard InChI is InChI=1S/C10H13N5O4S/c1-20-7-3-15(10(18)12-9(7)17)8-2-5(13-14-11)6(4-16)19-8/h3,5-6,8,16H,2,4H2,1H3,(H,12,17,18)/t5?,6-,8-/m1/s1. The molecule has 20 heavy (non-hydrogen) atoms. The molecule has 0 aliphatic carbocycles. The number of nitrogens with zero attached hydrogens (tertiary/aromatic N) is 4. The molecule has 1 unspecified atom stereocenters. The quantitative estimate of drug-likeness (QED) is 0.355. The summed E-state index contributed by atoms with van der Waals surface area (Å²) in [5, 5.41) is 12.7. The first-order valence-electron chi connectivity index (χ1n) is 5.80. The Morgan fingerprint density at radius 1 is 1.70 bits per heavy atom. The molecule has 1 aliphatic heterocycles. The van der Waals surface area contributed by atoms with Crippen LogP contribution in [0.25, 0.3) is 10.4 Å². The van der Waals surface area contributed by atoms with E-state index in [1.807, 2.05) is 0 Å². The zero-order valence-corrected chi connectivity index (χ0v) is 11.4. The van der Waals surface area contributed by atoms with Crippen LogP contribution < -0.4 is 11.2 Å². The van der Waals surface area contributed by atoms with E-state index < -0.39 is 29.6 Å². The van der Waals surface area contributed by atoms with Gasteiger partial charge >= 0.3 is 5.69 Å². The molecule has 2 rings (SSSR count). The van der Waals surface area contributed by atoms with E-state index in [0.29, 0.717) is 4.90 Å². The van der Waals surface area contributed by atoms with Crippen LogP contribution in [0, 0.1) is 0 Å². The normalized spacial score (nSPS) is 25.4. The number of aliphatic hydroxyl groups is 1. The van der Waals surface area contributed by atoms with Crippen LogP contribution in [0.5, 0.6) is 0 Å². The highest BCUT2D eigenvalue weighted by Crippen LogP contribution is 2.30. The molecular weight excluding hydrogens is 286 g/mol. The molecule has 0 spiro atoms. The molecular formula is C10H13N5O4S. The van der Waals surface area contributed by atoms with Crippen molar-refractivity contribution in [2.45, 2.75) is 29.7 Å². The molecule has 1 aromatic rings. The van der Waals surface area contributed by atoms with Gasteiger partial charge < -0.3 is 9.84 Å². The number of thioether (sulfide) groups is 1. The number of azide groups is 1. The second-order valence-electron chi connectivity index (χ2n) is 4.18. The Morgan fingerprint density at radius 2 is 2.45 bits per heavy atom. The molecule has 0 radical (unpaired) electrons. The zero-order chi connectivity index (χ0) is 14.7. The fraction of sp³-hybridized carbons (Fsp3) is 0.600. The van der Waals surface area contributed by atoms with E-state index in [1.54, 1.807) is 6.26 Å². The average Bonchev–Trinajstić information content (AvgIpc) is 2.82. The maximum atomic E-state index is 11.8. The van der Waals surface area contributed by atoms with E-state index in [0.717, 1.165) is 0 Å².